The number of para-hydroxylation sites is 1. The van der Waals surface area contributed by atoms with Crippen molar-refractivity contribution >= 4 is 0 Å². The van der Waals surface area contributed by atoms with Crippen LogP contribution >= 0.6 is 0 Å². The van der Waals surface area contributed by atoms with Crippen molar-refractivity contribution < 1.29 is 9.84 Å². The van der Waals surface area contributed by atoms with E-state index in [1.54, 1.807) is 0 Å². The largest absolute Gasteiger partial charge is 0.491 e. The lowest BCUT2D eigenvalue weighted by Gasteiger charge is -2.12. The molecule has 1 unspecified atom stereocenters. The Morgan fingerprint density at radius 2 is 1.36 bits per heavy atom. The van der Waals surface area contributed by atoms with E-state index >= 15 is 0 Å². The SMILES string of the molecule is CCCCCCCCCCCCC(O)COc1ccccc1. The van der Waals surface area contributed by atoms with Gasteiger partial charge in [0.2, 0.25) is 0 Å². The van der Waals surface area contributed by atoms with Crippen molar-refractivity contribution in [2.75, 3.05) is 6.61 Å². The van der Waals surface area contributed by atoms with Gasteiger partial charge in [0.1, 0.15) is 12.4 Å². The highest BCUT2D eigenvalue weighted by atomic mass is 16.5. The van der Waals surface area contributed by atoms with Gasteiger partial charge >= 0.3 is 0 Å². The molecule has 0 bridgehead atoms. The highest BCUT2D eigenvalue weighted by Crippen LogP contribution is 2.13. The van der Waals surface area contributed by atoms with E-state index in [9.17, 15) is 5.11 Å². The van der Waals surface area contributed by atoms with Crippen molar-refractivity contribution in [2.45, 2.75) is 83.7 Å². The Morgan fingerprint density at radius 1 is 0.818 bits per heavy atom. The molecule has 0 amide bonds. The summed E-state index contributed by atoms with van der Waals surface area (Å²) in [4.78, 5) is 0. The molecule has 22 heavy (non-hydrogen) atoms. The van der Waals surface area contributed by atoms with Crippen LogP contribution in [0.1, 0.15) is 77.6 Å². The Balaban J connectivity index is 1.85. The van der Waals surface area contributed by atoms with Crippen molar-refractivity contribution in [2.24, 2.45) is 0 Å². The van der Waals surface area contributed by atoms with Crippen LogP contribution in [0.25, 0.3) is 0 Å². The number of benzene rings is 1. The molecule has 126 valence electrons. The molecule has 1 atom stereocenters. The molecule has 0 aliphatic carbocycles. The minimum absolute atomic E-state index is 0.339. The average molecular weight is 306 g/mol. The fourth-order valence-corrected chi connectivity index (χ4v) is 2.66. The zero-order valence-corrected chi connectivity index (χ0v) is 14.3. The monoisotopic (exact) mass is 306 g/mol. The standard InChI is InChI=1S/C20H34O2/c1-2-3-4-5-6-7-8-9-10-12-15-19(21)18-22-20-16-13-11-14-17-20/h11,13-14,16-17,19,21H,2-10,12,15,18H2,1H3. The van der Waals surface area contributed by atoms with Crippen LogP contribution < -0.4 is 4.74 Å². The summed E-state index contributed by atoms with van der Waals surface area (Å²) in [5, 5.41) is 9.91. The fourth-order valence-electron chi connectivity index (χ4n) is 2.66. The first-order valence-electron chi connectivity index (χ1n) is 9.19. The summed E-state index contributed by atoms with van der Waals surface area (Å²) in [6, 6.07) is 9.71. The van der Waals surface area contributed by atoms with Crippen LogP contribution in [0.5, 0.6) is 5.75 Å². The minimum Gasteiger partial charge on any atom is -0.491 e. The first kappa shape index (κ1) is 19.0. The molecule has 1 rings (SSSR count). The molecule has 0 spiro atoms. The predicted molar refractivity (Wildman–Crippen MR) is 94.4 cm³/mol. The number of hydrogen-bond donors (Lipinski definition) is 1. The zero-order chi connectivity index (χ0) is 15.9. The second-order valence-corrected chi connectivity index (χ2v) is 6.25. The topological polar surface area (TPSA) is 29.5 Å². The van der Waals surface area contributed by atoms with Crippen LogP contribution in [0.3, 0.4) is 0 Å². The summed E-state index contributed by atoms with van der Waals surface area (Å²) in [5.74, 6) is 0.838. The molecule has 2 heteroatoms. The molecule has 0 saturated heterocycles. The molecule has 0 heterocycles. The second kappa shape index (κ2) is 13.6. The van der Waals surface area contributed by atoms with Gasteiger partial charge in [-0.2, -0.15) is 0 Å². The van der Waals surface area contributed by atoms with Gasteiger partial charge in [-0.05, 0) is 18.6 Å². The lowest BCUT2D eigenvalue weighted by molar-refractivity contribution is 0.0975. The molecule has 1 aromatic rings. The molecule has 0 radical (unpaired) electrons. The first-order valence-corrected chi connectivity index (χ1v) is 9.19. The van der Waals surface area contributed by atoms with Gasteiger partial charge in [-0.1, -0.05) is 89.3 Å². The highest BCUT2D eigenvalue weighted by Gasteiger charge is 2.04. The Bertz CT molecular complexity index is 337. The van der Waals surface area contributed by atoms with Crippen LogP contribution in [0.15, 0.2) is 30.3 Å². The van der Waals surface area contributed by atoms with E-state index in [4.69, 9.17) is 4.74 Å². The summed E-state index contributed by atoms with van der Waals surface area (Å²) in [7, 11) is 0. The lowest BCUT2D eigenvalue weighted by Crippen LogP contribution is -2.17. The van der Waals surface area contributed by atoms with Gasteiger partial charge in [-0.25, -0.2) is 0 Å². The van der Waals surface area contributed by atoms with E-state index in [1.165, 1.54) is 57.8 Å². The van der Waals surface area contributed by atoms with Crippen LogP contribution in [0.2, 0.25) is 0 Å². The molecule has 1 aromatic carbocycles. The summed E-state index contributed by atoms with van der Waals surface area (Å²) in [6.45, 7) is 2.67. The molecule has 0 fully saturated rings. The first-order chi connectivity index (χ1) is 10.8. The normalized spacial score (nSPS) is 12.3. The van der Waals surface area contributed by atoms with Crippen molar-refractivity contribution in [3.8, 4) is 5.75 Å². The van der Waals surface area contributed by atoms with E-state index in [1.807, 2.05) is 30.3 Å². The van der Waals surface area contributed by atoms with Crippen molar-refractivity contribution in [3.63, 3.8) is 0 Å². The number of ether oxygens (including phenoxy) is 1. The Labute approximate surface area is 136 Å². The van der Waals surface area contributed by atoms with Gasteiger partial charge in [0.15, 0.2) is 0 Å². The van der Waals surface area contributed by atoms with Gasteiger partial charge in [0.05, 0.1) is 6.10 Å². The summed E-state index contributed by atoms with van der Waals surface area (Å²) in [5.41, 5.74) is 0. The zero-order valence-electron chi connectivity index (χ0n) is 14.3. The third-order valence-electron chi connectivity index (χ3n) is 4.08. The molecule has 0 aromatic heterocycles. The van der Waals surface area contributed by atoms with E-state index in [0.717, 1.165) is 18.6 Å². The third kappa shape index (κ3) is 10.7. The van der Waals surface area contributed by atoms with E-state index in [0.29, 0.717) is 6.61 Å². The number of rotatable bonds is 14. The van der Waals surface area contributed by atoms with Crippen LogP contribution in [-0.2, 0) is 0 Å². The molecular weight excluding hydrogens is 272 g/mol. The fraction of sp³-hybridized carbons (Fsp3) is 0.700. The maximum absolute atomic E-state index is 9.91. The Hall–Kier alpha value is -1.02. The summed E-state index contributed by atoms with van der Waals surface area (Å²) in [6.07, 6.45) is 13.8. The number of aliphatic hydroxyl groups is 1. The number of hydrogen-bond acceptors (Lipinski definition) is 2. The van der Waals surface area contributed by atoms with Crippen LogP contribution in [0.4, 0.5) is 0 Å². The molecule has 0 aliphatic heterocycles. The minimum atomic E-state index is -0.339. The van der Waals surface area contributed by atoms with E-state index in [-0.39, 0.29) is 6.10 Å². The molecule has 2 nitrogen and oxygen atoms in total. The van der Waals surface area contributed by atoms with Crippen LogP contribution in [-0.4, -0.2) is 17.8 Å². The molecule has 0 aliphatic rings. The quantitative estimate of drug-likeness (QED) is 0.444. The van der Waals surface area contributed by atoms with Crippen molar-refractivity contribution in [3.05, 3.63) is 30.3 Å². The van der Waals surface area contributed by atoms with Crippen LogP contribution in [0, 0.1) is 0 Å². The lowest BCUT2D eigenvalue weighted by atomic mass is 10.0. The van der Waals surface area contributed by atoms with Gasteiger partial charge in [-0.15, -0.1) is 0 Å². The van der Waals surface area contributed by atoms with Gasteiger partial charge < -0.3 is 9.84 Å². The maximum Gasteiger partial charge on any atom is 0.119 e. The summed E-state index contributed by atoms with van der Waals surface area (Å²) >= 11 is 0. The molecule has 1 N–H and O–H groups in total. The van der Waals surface area contributed by atoms with E-state index < -0.39 is 0 Å². The van der Waals surface area contributed by atoms with Gasteiger partial charge in [0.25, 0.3) is 0 Å². The van der Waals surface area contributed by atoms with Crippen molar-refractivity contribution in [1.82, 2.24) is 0 Å². The molecular formula is C20H34O2. The second-order valence-electron chi connectivity index (χ2n) is 6.25. The number of unbranched alkanes of at least 4 members (excludes halogenated alkanes) is 9. The van der Waals surface area contributed by atoms with E-state index in [2.05, 4.69) is 6.92 Å². The smallest absolute Gasteiger partial charge is 0.119 e. The maximum atomic E-state index is 9.91. The Kier molecular flexibility index (Phi) is 11.8. The average Bonchev–Trinajstić information content (AvgIpc) is 2.55. The molecule has 0 saturated carbocycles. The summed E-state index contributed by atoms with van der Waals surface area (Å²) < 4.78 is 5.56. The highest BCUT2D eigenvalue weighted by molar-refractivity contribution is 5.20. The van der Waals surface area contributed by atoms with Gasteiger partial charge in [-0.3, -0.25) is 0 Å². The van der Waals surface area contributed by atoms with Crippen molar-refractivity contribution in [1.29, 1.82) is 0 Å². The third-order valence-corrected chi connectivity index (χ3v) is 4.08. The Morgan fingerprint density at radius 3 is 1.95 bits per heavy atom. The van der Waals surface area contributed by atoms with Gasteiger partial charge in [0, 0.05) is 0 Å². The predicted octanol–water partition coefficient (Wildman–Crippen LogP) is 5.74. The number of aliphatic hydroxyl groups excluding tert-OH is 1.